The molecule has 1 heteroatoms. The highest BCUT2D eigenvalue weighted by Gasteiger charge is 2.13. The highest BCUT2D eigenvalue weighted by molar-refractivity contribution is 5.86. The van der Waals surface area contributed by atoms with Crippen molar-refractivity contribution in [2.75, 3.05) is 7.05 Å². The first-order chi connectivity index (χ1) is 4.34. The van der Waals surface area contributed by atoms with E-state index in [1.165, 1.54) is 31.4 Å². The summed E-state index contributed by atoms with van der Waals surface area (Å²) in [7, 11) is 1.91. The summed E-state index contributed by atoms with van der Waals surface area (Å²) < 4.78 is 0. The number of hydrogen-bond donors (Lipinski definition) is 0. The van der Waals surface area contributed by atoms with Gasteiger partial charge in [0.25, 0.3) is 0 Å². The van der Waals surface area contributed by atoms with Crippen LogP contribution < -0.4 is 0 Å². The summed E-state index contributed by atoms with van der Waals surface area (Å²) in [5, 5.41) is 0. The second kappa shape index (κ2) is 3.00. The Hall–Kier alpha value is -0.330. The van der Waals surface area contributed by atoms with Crippen LogP contribution in [-0.2, 0) is 0 Å². The van der Waals surface area contributed by atoms with Crippen LogP contribution in [0.5, 0.6) is 0 Å². The molecule has 0 N–H and O–H groups in total. The number of rotatable bonds is 0. The Morgan fingerprint density at radius 3 is 2.67 bits per heavy atom. The number of aliphatic imine (C=N–C) groups is 1. The molecule has 0 bridgehead atoms. The largest absolute Gasteiger partial charge is 0.297 e. The van der Waals surface area contributed by atoms with Gasteiger partial charge >= 0.3 is 0 Å². The zero-order chi connectivity index (χ0) is 6.69. The van der Waals surface area contributed by atoms with Crippen LogP contribution >= 0.6 is 0 Å². The van der Waals surface area contributed by atoms with Crippen molar-refractivity contribution in [2.45, 2.75) is 32.6 Å². The van der Waals surface area contributed by atoms with Crippen molar-refractivity contribution in [1.29, 1.82) is 0 Å². The molecule has 0 radical (unpaired) electrons. The van der Waals surface area contributed by atoms with Gasteiger partial charge in [-0.25, -0.2) is 0 Å². The molecule has 1 aliphatic rings. The standard InChI is InChI=1S/C8H15N/c1-7-5-3-4-6-8(7)9-2/h7H,3-6H2,1-2H3/b9-8+. The quantitative estimate of drug-likeness (QED) is 0.471. The fourth-order valence-corrected chi connectivity index (χ4v) is 1.50. The van der Waals surface area contributed by atoms with E-state index in [1.54, 1.807) is 0 Å². The third-order valence-corrected chi connectivity index (χ3v) is 2.18. The van der Waals surface area contributed by atoms with Crippen LogP contribution in [0.2, 0.25) is 0 Å². The lowest BCUT2D eigenvalue weighted by atomic mass is 9.89. The molecule has 0 aromatic carbocycles. The maximum atomic E-state index is 4.25. The van der Waals surface area contributed by atoms with E-state index in [4.69, 9.17) is 0 Å². The van der Waals surface area contributed by atoms with Gasteiger partial charge in [-0.15, -0.1) is 0 Å². The highest BCUT2D eigenvalue weighted by atomic mass is 14.7. The molecule has 0 aliphatic heterocycles. The first-order valence-electron chi connectivity index (χ1n) is 3.80. The van der Waals surface area contributed by atoms with E-state index in [2.05, 4.69) is 11.9 Å². The van der Waals surface area contributed by atoms with Gasteiger partial charge in [0.2, 0.25) is 0 Å². The van der Waals surface area contributed by atoms with E-state index in [0.29, 0.717) is 0 Å². The second-order valence-electron chi connectivity index (χ2n) is 2.86. The van der Waals surface area contributed by atoms with Crippen LogP contribution in [0.3, 0.4) is 0 Å². The average Bonchev–Trinajstić information content (AvgIpc) is 1.89. The van der Waals surface area contributed by atoms with Crippen LogP contribution in [0.4, 0.5) is 0 Å². The molecule has 1 fully saturated rings. The molecule has 9 heavy (non-hydrogen) atoms. The zero-order valence-electron chi connectivity index (χ0n) is 6.35. The summed E-state index contributed by atoms with van der Waals surface area (Å²) in [5.74, 6) is 0.767. The first kappa shape index (κ1) is 6.79. The normalized spacial score (nSPS) is 33.1. The van der Waals surface area contributed by atoms with Gasteiger partial charge in [-0.2, -0.15) is 0 Å². The van der Waals surface area contributed by atoms with Crippen molar-refractivity contribution >= 4 is 5.71 Å². The average molecular weight is 125 g/mol. The predicted octanol–water partition coefficient (Wildman–Crippen LogP) is 2.27. The van der Waals surface area contributed by atoms with Gasteiger partial charge in [0.05, 0.1) is 0 Å². The van der Waals surface area contributed by atoms with Crippen LogP contribution in [0.1, 0.15) is 32.6 Å². The maximum Gasteiger partial charge on any atom is 0.0276 e. The molecule has 52 valence electrons. The monoisotopic (exact) mass is 125 g/mol. The summed E-state index contributed by atoms with van der Waals surface area (Å²) in [6.45, 7) is 2.28. The zero-order valence-corrected chi connectivity index (χ0v) is 6.35. The van der Waals surface area contributed by atoms with Crippen molar-refractivity contribution in [3.05, 3.63) is 0 Å². The number of nitrogens with zero attached hydrogens (tertiary/aromatic N) is 1. The van der Waals surface area contributed by atoms with Gasteiger partial charge in [0, 0.05) is 12.8 Å². The third kappa shape index (κ3) is 1.54. The Morgan fingerprint density at radius 2 is 2.22 bits per heavy atom. The molecule has 1 unspecified atom stereocenters. The lowest BCUT2D eigenvalue weighted by molar-refractivity contribution is 0.559. The highest BCUT2D eigenvalue weighted by Crippen LogP contribution is 2.20. The Bertz CT molecular complexity index is 116. The van der Waals surface area contributed by atoms with Crippen LogP contribution in [0, 0.1) is 5.92 Å². The van der Waals surface area contributed by atoms with Gasteiger partial charge in [0.1, 0.15) is 0 Å². The minimum atomic E-state index is 0.767. The molecule has 0 saturated heterocycles. The molecular weight excluding hydrogens is 110 g/mol. The Morgan fingerprint density at radius 1 is 1.44 bits per heavy atom. The second-order valence-corrected chi connectivity index (χ2v) is 2.86. The molecule has 0 heterocycles. The summed E-state index contributed by atoms with van der Waals surface area (Å²) in [6.07, 6.45) is 5.36. The Kier molecular flexibility index (Phi) is 2.26. The third-order valence-electron chi connectivity index (χ3n) is 2.18. The van der Waals surface area contributed by atoms with Crippen molar-refractivity contribution < 1.29 is 0 Å². The van der Waals surface area contributed by atoms with Crippen LogP contribution in [-0.4, -0.2) is 12.8 Å². The molecule has 1 aliphatic carbocycles. The van der Waals surface area contributed by atoms with Crippen LogP contribution in [0.25, 0.3) is 0 Å². The number of hydrogen-bond acceptors (Lipinski definition) is 1. The van der Waals surface area contributed by atoms with E-state index in [9.17, 15) is 0 Å². The summed E-state index contributed by atoms with van der Waals surface area (Å²) in [6, 6.07) is 0. The maximum absolute atomic E-state index is 4.25. The smallest absolute Gasteiger partial charge is 0.0276 e. The minimum Gasteiger partial charge on any atom is -0.297 e. The van der Waals surface area contributed by atoms with Gasteiger partial charge in [0.15, 0.2) is 0 Å². The molecular formula is C8H15N. The summed E-state index contributed by atoms with van der Waals surface area (Å²) in [4.78, 5) is 4.25. The Labute approximate surface area is 57.2 Å². The molecule has 1 saturated carbocycles. The summed E-state index contributed by atoms with van der Waals surface area (Å²) >= 11 is 0. The lowest BCUT2D eigenvalue weighted by Gasteiger charge is -2.19. The van der Waals surface area contributed by atoms with Crippen molar-refractivity contribution in [1.82, 2.24) is 0 Å². The molecule has 0 spiro atoms. The SMILES string of the molecule is C/N=C1\CCCCC1C. The van der Waals surface area contributed by atoms with E-state index < -0.39 is 0 Å². The molecule has 1 rings (SSSR count). The molecule has 1 atom stereocenters. The predicted molar refractivity (Wildman–Crippen MR) is 41.0 cm³/mol. The van der Waals surface area contributed by atoms with Gasteiger partial charge < -0.3 is 0 Å². The fourth-order valence-electron chi connectivity index (χ4n) is 1.50. The lowest BCUT2D eigenvalue weighted by Crippen LogP contribution is -2.15. The molecule has 0 aromatic rings. The first-order valence-corrected chi connectivity index (χ1v) is 3.80. The van der Waals surface area contributed by atoms with E-state index >= 15 is 0 Å². The minimum absolute atomic E-state index is 0.767. The topological polar surface area (TPSA) is 12.4 Å². The van der Waals surface area contributed by atoms with Crippen molar-refractivity contribution in [3.8, 4) is 0 Å². The van der Waals surface area contributed by atoms with E-state index in [0.717, 1.165) is 5.92 Å². The summed E-state index contributed by atoms with van der Waals surface area (Å²) in [5.41, 5.74) is 1.43. The van der Waals surface area contributed by atoms with Crippen LogP contribution in [0.15, 0.2) is 4.99 Å². The molecule has 1 nitrogen and oxygen atoms in total. The van der Waals surface area contributed by atoms with Gasteiger partial charge in [-0.3, -0.25) is 4.99 Å². The fraction of sp³-hybridized carbons (Fsp3) is 0.875. The van der Waals surface area contributed by atoms with Gasteiger partial charge in [-0.1, -0.05) is 13.3 Å². The Balaban J connectivity index is 2.49. The van der Waals surface area contributed by atoms with E-state index in [1.807, 2.05) is 7.05 Å². The molecule has 0 aromatic heterocycles. The molecule has 0 amide bonds. The van der Waals surface area contributed by atoms with E-state index in [-0.39, 0.29) is 0 Å². The van der Waals surface area contributed by atoms with Crippen molar-refractivity contribution in [3.63, 3.8) is 0 Å². The van der Waals surface area contributed by atoms with Gasteiger partial charge in [-0.05, 0) is 25.2 Å². The van der Waals surface area contributed by atoms with Crippen molar-refractivity contribution in [2.24, 2.45) is 10.9 Å².